The van der Waals surface area contributed by atoms with Crippen molar-refractivity contribution < 1.29 is 0 Å². The molecule has 0 aliphatic carbocycles. The maximum atomic E-state index is 5.53. The molecule has 0 atom stereocenters. The molecule has 0 spiro atoms. The predicted molar refractivity (Wildman–Crippen MR) is 46.2 cm³/mol. The molecule has 56 valence electrons. The van der Waals surface area contributed by atoms with Gasteiger partial charge >= 0.3 is 0 Å². The lowest BCUT2D eigenvalue weighted by Gasteiger charge is -1.96. The zero-order chi connectivity index (χ0) is 7.40. The van der Waals surface area contributed by atoms with Gasteiger partial charge in [-0.1, -0.05) is 13.3 Å². The van der Waals surface area contributed by atoms with Gasteiger partial charge in [0, 0.05) is 11.4 Å². The molecule has 0 amide bonds. The average molecular weight is 155 g/mol. The van der Waals surface area contributed by atoms with Crippen molar-refractivity contribution in [3.8, 4) is 0 Å². The predicted octanol–water partition coefficient (Wildman–Crippen LogP) is 2.16. The van der Waals surface area contributed by atoms with Crippen LogP contribution >= 0.6 is 11.3 Å². The first kappa shape index (κ1) is 7.76. The van der Waals surface area contributed by atoms with Gasteiger partial charge in [0.15, 0.2) is 0 Å². The summed E-state index contributed by atoms with van der Waals surface area (Å²) < 4.78 is 0. The Balaban J connectivity index is 2.70. The quantitative estimate of drug-likeness (QED) is 0.711. The van der Waals surface area contributed by atoms with Crippen molar-refractivity contribution in [1.29, 1.82) is 0 Å². The zero-order valence-electron chi connectivity index (χ0n) is 6.26. The molecule has 1 nitrogen and oxygen atoms in total. The molecule has 1 heterocycles. The maximum Gasteiger partial charge on any atom is 0.0189 e. The van der Waals surface area contributed by atoms with Gasteiger partial charge in [0.25, 0.3) is 0 Å². The molecule has 0 aliphatic rings. The van der Waals surface area contributed by atoms with E-state index >= 15 is 0 Å². The molecule has 0 saturated heterocycles. The molecule has 1 aromatic heterocycles. The third-order valence-corrected chi connectivity index (χ3v) is 2.56. The lowest BCUT2D eigenvalue weighted by molar-refractivity contribution is 0.915. The van der Waals surface area contributed by atoms with Crippen molar-refractivity contribution in [2.24, 2.45) is 5.73 Å². The average Bonchev–Trinajstić information content (AvgIpc) is 2.36. The fourth-order valence-electron chi connectivity index (χ4n) is 0.995. The van der Waals surface area contributed by atoms with E-state index in [1.807, 2.05) is 11.3 Å². The van der Waals surface area contributed by atoms with Gasteiger partial charge in [-0.3, -0.25) is 0 Å². The SMILES string of the molecule is CCCc1sccc1CN. The lowest BCUT2D eigenvalue weighted by atomic mass is 10.2. The summed E-state index contributed by atoms with van der Waals surface area (Å²) in [6, 6.07) is 2.12. The highest BCUT2D eigenvalue weighted by atomic mass is 32.1. The smallest absolute Gasteiger partial charge is 0.0189 e. The summed E-state index contributed by atoms with van der Waals surface area (Å²) in [5.74, 6) is 0. The molecule has 0 aliphatic heterocycles. The van der Waals surface area contributed by atoms with E-state index in [1.165, 1.54) is 23.3 Å². The summed E-state index contributed by atoms with van der Waals surface area (Å²) in [4.78, 5) is 1.46. The molecule has 2 heteroatoms. The van der Waals surface area contributed by atoms with Gasteiger partial charge in [-0.25, -0.2) is 0 Å². The molecule has 0 radical (unpaired) electrons. The topological polar surface area (TPSA) is 26.0 Å². The Morgan fingerprint density at radius 3 is 3.00 bits per heavy atom. The van der Waals surface area contributed by atoms with Gasteiger partial charge in [0.05, 0.1) is 0 Å². The van der Waals surface area contributed by atoms with Gasteiger partial charge in [-0.15, -0.1) is 11.3 Å². The number of nitrogens with two attached hydrogens (primary N) is 1. The monoisotopic (exact) mass is 155 g/mol. The van der Waals surface area contributed by atoms with E-state index in [9.17, 15) is 0 Å². The van der Waals surface area contributed by atoms with Crippen LogP contribution in [0.15, 0.2) is 11.4 Å². The van der Waals surface area contributed by atoms with Crippen molar-refractivity contribution in [3.63, 3.8) is 0 Å². The molecule has 0 aromatic carbocycles. The summed E-state index contributed by atoms with van der Waals surface area (Å²) in [6.45, 7) is 2.89. The molecule has 1 rings (SSSR count). The van der Waals surface area contributed by atoms with E-state index in [1.54, 1.807) is 0 Å². The Hall–Kier alpha value is -0.340. The van der Waals surface area contributed by atoms with Crippen LogP contribution in [-0.4, -0.2) is 0 Å². The Morgan fingerprint density at radius 2 is 2.40 bits per heavy atom. The molecule has 1 aromatic rings. The van der Waals surface area contributed by atoms with Crippen molar-refractivity contribution in [3.05, 3.63) is 21.9 Å². The van der Waals surface area contributed by atoms with Crippen LogP contribution in [0.5, 0.6) is 0 Å². The van der Waals surface area contributed by atoms with Crippen LogP contribution < -0.4 is 5.73 Å². The summed E-state index contributed by atoms with van der Waals surface area (Å²) in [6.07, 6.45) is 2.40. The molecule has 0 fully saturated rings. The third kappa shape index (κ3) is 1.58. The van der Waals surface area contributed by atoms with E-state index in [2.05, 4.69) is 18.4 Å². The minimum absolute atomic E-state index is 0.693. The second kappa shape index (κ2) is 3.74. The Labute approximate surface area is 65.9 Å². The summed E-state index contributed by atoms with van der Waals surface area (Å²) >= 11 is 1.82. The highest BCUT2D eigenvalue weighted by Gasteiger charge is 1.99. The number of thiophene rings is 1. The van der Waals surface area contributed by atoms with Crippen LogP contribution in [0.25, 0.3) is 0 Å². The minimum atomic E-state index is 0.693. The maximum absolute atomic E-state index is 5.53. The third-order valence-electron chi connectivity index (χ3n) is 1.53. The molecular weight excluding hydrogens is 142 g/mol. The minimum Gasteiger partial charge on any atom is -0.326 e. The molecular formula is C8H13NS. The van der Waals surface area contributed by atoms with Crippen LogP contribution in [-0.2, 0) is 13.0 Å². The molecule has 0 bridgehead atoms. The zero-order valence-corrected chi connectivity index (χ0v) is 7.08. The Morgan fingerprint density at radius 1 is 1.60 bits per heavy atom. The van der Waals surface area contributed by atoms with Gasteiger partial charge in [-0.05, 0) is 23.4 Å². The molecule has 10 heavy (non-hydrogen) atoms. The molecule has 0 saturated carbocycles. The first-order valence-corrected chi connectivity index (χ1v) is 4.51. The summed E-state index contributed by atoms with van der Waals surface area (Å²) in [7, 11) is 0. The highest BCUT2D eigenvalue weighted by molar-refractivity contribution is 7.10. The highest BCUT2D eigenvalue weighted by Crippen LogP contribution is 2.17. The standard InChI is InChI=1S/C8H13NS/c1-2-3-8-7(6-9)4-5-10-8/h4-5H,2-3,6,9H2,1H3. The molecule has 2 N–H and O–H groups in total. The summed E-state index contributed by atoms with van der Waals surface area (Å²) in [5.41, 5.74) is 6.86. The van der Waals surface area contributed by atoms with Crippen molar-refractivity contribution in [2.75, 3.05) is 0 Å². The second-order valence-electron chi connectivity index (χ2n) is 2.32. The largest absolute Gasteiger partial charge is 0.326 e. The van der Waals surface area contributed by atoms with Crippen LogP contribution in [0.1, 0.15) is 23.8 Å². The number of hydrogen-bond donors (Lipinski definition) is 1. The second-order valence-corrected chi connectivity index (χ2v) is 3.32. The van der Waals surface area contributed by atoms with Gasteiger partial charge in [0.2, 0.25) is 0 Å². The van der Waals surface area contributed by atoms with Gasteiger partial charge < -0.3 is 5.73 Å². The Bertz CT molecular complexity index is 193. The van der Waals surface area contributed by atoms with E-state index < -0.39 is 0 Å². The van der Waals surface area contributed by atoms with E-state index in [-0.39, 0.29) is 0 Å². The van der Waals surface area contributed by atoms with Crippen molar-refractivity contribution in [1.82, 2.24) is 0 Å². The van der Waals surface area contributed by atoms with Crippen molar-refractivity contribution >= 4 is 11.3 Å². The van der Waals surface area contributed by atoms with Crippen LogP contribution in [0.3, 0.4) is 0 Å². The first-order chi connectivity index (χ1) is 4.88. The fourth-order valence-corrected chi connectivity index (χ4v) is 2.02. The van der Waals surface area contributed by atoms with E-state index in [4.69, 9.17) is 5.73 Å². The van der Waals surface area contributed by atoms with E-state index in [0.29, 0.717) is 6.54 Å². The Kier molecular flexibility index (Phi) is 2.90. The molecule has 0 unspecified atom stereocenters. The lowest BCUT2D eigenvalue weighted by Crippen LogP contribution is -1.97. The van der Waals surface area contributed by atoms with Crippen LogP contribution in [0.4, 0.5) is 0 Å². The normalized spacial score (nSPS) is 10.2. The number of hydrogen-bond acceptors (Lipinski definition) is 2. The van der Waals surface area contributed by atoms with Crippen molar-refractivity contribution in [2.45, 2.75) is 26.3 Å². The number of rotatable bonds is 3. The van der Waals surface area contributed by atoms with Gasteiger partial charge in [-0.2, -0.15) is 0 Å². The van der Waals surface area contributed by atoms with Crippen LogP contribution in [0.2, 0.25) is 0 Å². The summed E-state index contributed by atoms with van der Waals surface area (Å²) in [5, 5.41) is 2.12. The first-order valence-electron chi connectivity index (χ1n) is 3.63. The van der Waals surface area contributed by atoms with Crippen LogP contribution in [0, 0.1) is 0 Å². The van der Waals surface area contributed by atoms with Gasteiger partial charge in [0.1, 0.15) is 0 Å². The fraction of sp³-hybridized carbons (Fsp3) is 0.500. The van der Waals surface area contributed by atoms with E-state index in [0.717, 1.165) is 0 Å². The number of aryl methyl sites for hydroxylation is 1.